The highest BCUT2D eigenvalue weighted by atomic mass is 32.2. The fraction of sp³-hybridized carbons (Fsp3) is 0.500. The molecular formula is C12H16FNOS. The lowest BCUT2D eigenvalue weighted by Gasteiger charge is -2.23. The van der Waals surface area contributed by atoms with E-state index in [2.05, 4.69) is 5.32 Å². The van der Waals surface area contributed by atoms with Gasteiger partial charge in [-0.1, -0.05) is 0 Å². The Morgan fingerprint density at radius 1 is 1.50 bits per heavy atom. The zero-order chi connectivity index (χ0) is 11.4. The van der Waals surface area contributed by atoms with Crippen molar-refractivity contribution in [3.05, 3.63) is 24.0 Å². The molecule has 2 rings (SSSR count). The first-order valence-electron chi connectivity index (χ1n) is 5.47. The van der Waals surface area contributed by atoms with Gasteiger partial charge in [-0.15, -0.1) is 0 Å². The number of hydrogen-bond acceptors (Lipinski definition) is 3. The van der Waals surface area contributed by atoms with E-state index in [0.717, 1.165) is 11.4 Å². The van der Waals surface area contributed by atoms with E-state index in [1.165, 1.54) is 31.8 Å². The molecule has 1 atom stereocenters. The number of anilines is 1. The molecule has 2 nitrogen and oxygen atoms in total. The van der Waals surface area contributed by atoms with E-state index >= 15 is 0 Å². The molecule has 0 amide bonds. The molecule has 0 bridgehead atoms. The van der Waals surface area contributed by atoms with Gasteiger partial charge < -0.3 is 10.1 Å². The molecule has 1 aliphatic rings. The largest absolute Gasteiger partial charge is 0.494 e. The highest BCUT2D eigenvalue weighted by Gasteiger charge is 2.13. The van der Waals surface area contributed by atoms with E-state index < -0.39 is 0 Å². The lowest BCUT2D eigenvalue weighted by molar-refractivity contribution is 0.386. The molecule has 1 heterocycles. The van der Waals surface area contributed by atoms with Crippen LogP contribution in [0.1, 0.15) is 12.8 Å². The smallest absolute Gasteiger partial charge is 0.167 e. The van der Waals surface area contributed by atoms with E-state index in [4.69, 9.17) is 4.74 Å². The predicted molar refractivity (Wildman–Crippen MR) is 66.9 cm³/mol. The van der Waals surface area contributed by atoms with E-state index in [1.54, 1.807) is 6.07 Å². The van der Waals surface area contributed by atoms with Gasteiger partial charge in [-0.25, -0.2) is 4.39 Å². The van der Waals surface area contributed by atoms with Gasteiger partial charge in [-0.05, 0) is 30.7 Å². The number of rotatable bonds is 3. The number of thioether (sulfide) groups is 1. The van der Waals surface area contributed by atoms with Crippen molar-refractivity contribution in [2.24, 2.45) is 0 Å². The number of ether oxygens (including phenoxy) is 1. The third kappa shape index (κ3) is 2.82. The molecule has 0 aromatic heterocycles. The SMILES string of the molecule is COc1ccc(NC2CCCSC2)cc1F. The highest BCUT2D eigenvalue weighted by molar-refractivity contribution is 7.99. The van der Waals surface area contributed by atoms with Gasteiger partial charge in [0.1, 0.15) is 0 Å². The van der Waals surface area contributed by atoms with E-state index in [1.807, 2.05) is 17.8 Å². The number of nitrogens with one attached hydrogen (secondary N) is 1. The molecule has 0 saturated carbocycles. The molecule has 0 spiro atoms. The first kappa shape index (κ1) is 11.6. The monoisotopic (exact) mass is 241 g/mol. The van der Waals surface area contributed by atoms with Crippen molar-refractivity contribution in [2.45, 2.75) is 18.9 Å². The summed E-state index contributed by atoms with van der Waals surface area (Å²) in [6.45, 7) is 0. The zero-order valence-corrected chi connectivity index (χ0v) is 10.1. The molecule has 1 aliphatic heterocycles. The van der Waals surface area contributed by atoms with Crippen LogP contribution in [-0.2, 0) is 0 Å². The van der Waals surface area contributed by atoms with Gasteiger partial charge >= 0.3 is 0 Å². The minimum Gasteiger partial charge on any atom is -0.494 e. The van der Waals surface area contributed by atoms with Crippen molar-refractivity contribution < 1.29 is 9.13 Å². The average molecular weight is 241 g/mol. The van der Waals surface area contributed by atoms with Crippen LogP contribution in [0.5, 0.6) is 5.75 Å². The van der Waals surface area contributed by atoms with E-state index in [-0.39, 0.29) is 5.82 Å². The van der Waals surface area contributed by atoms with Crippen molar-refractivity contribution >= 4 is 17.4 Å². The third-order valence-corrected chi connectivity index (χ3v) is 3.90. The van der Waals surface area contributed by atoms with Crippen LogP contribution in [0.25, 0.3) is 0 Å². The summed E-state index contributed by atoms with van der Waals surface area (Å²) in [5, 5.41) is 3.36. The number of methoxy groups -OCH3 is 1. The Hall–Kier alpha value is -0.900. The lowest BCUT2D eigenvalue weighted by Crippen LogP contribution is -2.25. The Morgan fingerprint density at radius 2 is 2.38 bits per heavy atom. The second-order valence-electron chi connectivity index (χ2n) is 3.91. The van der Waals surface area contributed by atoms with Gasteiger partial charge in [-0.2, -0.15) is 11.8 Å². The summed E-state index contributed by atoms with van der Waals surface area (Å²) in [6.07, 6.45) is 2.40. The summed E-state index contributed by atoms with van der Waals surface area (Å²) in [5.74, 6) is 2.34. The van der Waals surface area contributed by atoms with Crippen molar-refractivity contribution in [1.82, 2.24) is 0 Å². The van der Waals surface area contributed by atoms with Gasteiger partial charge in [0.2, 0.25) is 0 Å². The van der Waals surface area contributed by atoms with Gasteiger partial charge in [-0.3, -0.25) is 0 Å². The van der Waals surface area contributed by atoms with Gasteiger partial charge in [0.15, 0.2) is 11.6 Å². The molecule has 1 aromatic rings. The van der Waals surface area contributed by atoms with Crippen LogP contribution in [0.15, 0.2) is 18.2 Å². The maximum Gasteiger partial charge on any atom is 0.167 e. The van der Waals surface area contributed by atoms with Crippen LogP contribution >= 0.6 is 11.8 Å². The molecule has 88 valence electrons. The molecule has 0 aliphatic carbocycles. The van der Waals surface area contributed by atoms with Crippen molar-refractivity contribution in [1.29, 1.82) is 0 Å². The van der Waals surface area contributed by atoms with Crippen molar-refractivity contribution in [2.75, 3.05) is 23.9 Å². The molecule has 1 fully saturated rings. The van der Waals surface area contributed by atoms with Crippen LogP contribution in [0, 0.1) is 5.82 Å². The Bertz CT molecular complexity index is 353. The third-order valence-electron chi connectivity index (χ3n) is 2.68. The van der Waals surface area contributed by atoms with Gasteiger partial charge in [0, 0.05) is 23.5 Å². The normalized spacial score (nSPS) is 20.5. The van der Waals surface area contributed by atoms with Gasteiger partial charge in [0.05, 0.1) is 7.11 Å². The maximum absolute atomic E-state index is 13.4. The molecule has 1 saturated heterocycles. The predicted octanol–water partition coefficient (Wildman–Crippen LogP) is 3.14. The van der Waals surface area contributed by atoms with E-state index in [9.17, 15) is 4.39 Å². The molecule has 1 unspecified atom stereocenters. The first-order valence-corrected chi connectivity index (χ1v) is 6.63. The van der Waals surface area contributed by atoms with E-state index in [0.29, 0.717) is 11.8 Å². The highest BCUT2D eigenvalue weighted by Crippen LogP contribution is 2.24. The Balaban J connectivity index is 2.01. The average Bonchev–Trinajstić information content (AvgIpc) is 2.31. The first-order chi connectivity index (χ1) is 7.79. The summed E-state index contributed by atoms with van der Waals surface area (Å²) >= 11 is 1.95. The number of hydrogen-bond donors (Lipinski definition) is 1. The summed E-state index contributed by atoms with van der Waals surface area (Å²) in [4.78, 5) is 0. The standard InChI is InChI=1S/C12H16FNOS/c1-15-12-5-4-9(7-11(12)13)14-10-3-2-6-16-8-10/h4-5,7,10,14H,2-3,6,8H2,1H3. The Kier molecular flexibility index (Phi) is 3.93. The lowest BCUT2D eigenvalue weighted by atomic mass is 10.1. The zero-order valence-electron chi connectivity index (χ0n) is 9.33. The molecule has 16 heavy (non-hydrogen) atoms. The molecule has 0 radical (unpaired) electrons. The minimum absolute atomic E-state index is 0.295. The molecule has 4 heteroatoms. The molecular weight excluding hydrogens is 225 g/mol. The van der Waals surface area contributed by atoms with Crippen molar-refractivity contribution in [3.8, 4) is 5.75 Å². The van der Waals surface area contributed by atoms with Crippen LogP contribution in [0.4, 0.5) is 10.1 Å². The topological polar surface area (TPSA) is 21.3 Å². The number of benzene rings is 1. The Labute approximate surface area is 99.6 Å². The fourth-order valence-corrected chi connectivity index (χ4v) is 2.92. The quantitative estimate of drug-likeness (QED) is 0.878. The van der Waals surface area contributed by atoms with Crippen LogP contribution < -0.4 is 10.1 Å². The molecule has 1 aromatic carbocycles. The Morgan fingerprint density at radius 3 is 3.00 bits per heavy atom. The van der Waals surface area contributed by atoms with Crippen molar-refractivity contribution in [3.63, 3.8) is 0 Å². The molecule has 1 N–H and O–H groups in total. The maximum atomic E-state index is 13.4. The summed E-state index contributed by atoms with van der Waals surface area (Å²) in [6, 6.07) is 5.49. The van der Waals surface area contributed by atoms with Crippen LogP contribution in [0.3, 0.4) is 0 Å². The van der Waals surface area contributed by atoms with Crippen LogP contribution in [0.2, 0.25) is 0 Å². The minimum atomic E-state index is -0.309. The summed E-state index contributed by atoms with van der Waals surface area (Å²) < 4.78 is 18.3. The second-order valence-corrected chi connectivity index (χ2v) is 5.06. The van der Waals surface area contributed by atoms with Gasteiger partial charge in [0.25, 0.3) is 0 Å². The number of halogens is 1. The second kappa shape index (κ2) is 5.43. The van der Waals surface area contributed by atoms with Crippen LogP contribution in [-0.4, -0.2) is 24.7 Å². The summed E-state index contributed by atoms with van der Waals surface area (Å²) in [7, 11) is 1.48. The fourth-order valence-electron chi connectivity index (χ4n) is 1.85. The summed E-state index contributed by atoms with van der Waals surface area (Å²) in [5.41, 5.74) is 0.839.